The van der Waals surface area contributed by atoms with Crippen LogP contribution in [0.5, 0.6) is 0 Å². The maximum atomic E-state index is 12.9. The van der Waals surface area contributed by atoms with Crippen molar-refractivity contribution in [2.75, 3.05) is 4.90 Å². The normalized spacial score (nSPS) is 20.7. The molecule has 0 radical (unpaired) electrons. The third-order valence-electron chi connectivity index (χ3n) is 4.58. The van der Waals surface area contributed by atoms with Crippen LogP contribution in [0.3, 0.4) is 0 Å². The van der Waals surface area contributed by atoms with Crippen molar-refractivity contribution in [3.63, 3.8) is 0 Å². The largest absolute Gasteiger partial charge is 0.335 e. The summed E-state index contributed by atoms with van der Waals surface area (Å²) in [5, 5.41) is 3.22. The van der Waals surface area contributed by atoms with E-state index in [0.717, 1.165) is 30.1 Å². The van der Waals surface area contributed by atoms with E-state index in [1.165, 1.54) is 12.8 Å². The highest BCUT2D eigenvalue weighted by Crippen LogP contribution is 2.27. The van der Waals surface area contributed by atoms with Crippen molar-refractivity contribution >= 4 is 17.4 Å². The number of nitrogens with one attached hydrogen (secondary N) is 1. The number of hydrogen-bond donors (Lipinski definition) is 1. The number of anilines is 2. The van der Waals surface area contributed by atoms with Crippen LogP contribution in [0.1, 0.15) is 32.6 Å². The van der Waals surface area contributed by atoms with Gasteiger partial charge >= 0.3 is 6.03 Å². The first-order valence-electron chi connectivity index (χ1n) is 8.45. The molecule has 0 heterocycles. The molecular weight excluding hydrogens is 284 g/mol. The predicted molar refractivity (Wildman–Crippen MR) is 95.0 cm³/mol. The van der Waals surface area contributed by atoms with Gasteiger partial charge in [-0.05, 0) is 55.9 Å². The Hall–Kier alpha value is -2.29. The van der Waals surface area contributed by atoms with E-state index in [1.807, 2.05) is 60.7 Å². The molecule has 0 atom stereocenters. The van der Waals surface area contributed by atoms with E-state index >= 15 is 0 Å². The lowest BCUT2D eigenvalue weighted by atomic mass is 9.87. The average Bonchev–Trinajstić information content (AvgIpc) is 2.59. The first-order valence-corrected chi connectivity index (χ1v) is 8.45. The highest BCUT2D eigenvalue weighted by atomic mass is 16.2. The second-order valence-corrected chi connectivity index (χ2v) is 6.41. The molecule has 2 aromatic carbocycles. The minimum atomic E-state index is -0.0399. The minimum Gasteiger partial charge on any atom is -0.335 e. The number of amides is 2. The molecule has 2 amide bonds. The molecule has 0 unspecified atom stereocenters. The van der Waals surface area contributed by atoms with E-state index in [2.05, 4.69) is 12.2 Å². The molecule has 3 heteroatoms. The maximum Gasteiger partial charge on any atom is 0.326 e. The van der Waals surface area contributed by atoms with Crippen LogP contribution in [0.25, 0.3) is 0 Å². The van der Waals surface area contributed by atoms with Crippen LogP contribution in [0.2, 0.25) is 0 Å². The fourth-order valence-corrected chi connectivity index (χ4v) is 3.18. The lowest BCUT2D eigenvalue weighted by Gasteiger charge is -2.30. The highest BCUT2D eigenvalue weighted by molar-refractivity contribution is 5.99. The van der Waals surface area contributed by atoms with Gasteiger partial charge < -0.3 is 5.32 Å². The third-order valence-corrected chi connectivity index (χ3v) is 4.58. The van der Waals surface area contributed by atoms with Crippen molar-refractivity contribution in [2.45, 2.75) is 38.6 Å². The van der Waals surface area contributed by atoms with Crippen LogP contribution in [-0.2, 0) is 0 Å². The molecule has 1 saturated carbocycles. The number of hydrogen-bond acceptors (Lipinski definition) is 1. The van der Waals surface area contributed by atoms with Crippen LogP contribution in [0.15, 0.2) is 60.7 Å². The third kappa shape index (κ3) is 3.92. The molecule has 0 saturated heterocycles. The van der Waals surface area contributed by atoms with Crippen LogP contribution in [-0.4, -0.2) is 12.1 Å². The molecule has 0 spiro atoms. The Morgan fingerprint density at radius 1 is 0.870 bits per heavy atom. The Morgan fingerprint density at radius 2 is 1.35 bits per heavy atom. The maximum absolute atomic E-state index is 12.9. The zero-order chi connectivity index (χ0) is 16.1. The number of carbonyl (C=O) groups excluding carboxylic acids is 1. The summed E-state index contributed by atoms with van der Waals surface area (Å²) in [4.78, 5) is 14.7. The molecule has 0 bridgehead atoms. The standard InChI is InChI=1S/C20H24N2O/c1-16-12-14-17(15-13-16)21-20(23)22(18-8-4-2-5-9-18)19-10-6-3-7-11-19/h2-11,16-17H,12-15H2,1H3,(H,21,23). The van der Waals surface area contributed by atoms with Crippen molar-refractivity contribution in [1.29, 1.82) is 0 Å². The van der Waals surface area contributed by atoms with Gasteiger partial charge in [-0.15, -0.1) is 0 Å². The Bertz CT molecular complexity index is 579. The topological polar surface area (TPSA) is 32.3 Å². The molecule has 3 rings (SSSR count). The highest BCUT2D eigenvalue weighted by Gasteiger charge is 2.24. The van der Waals surface area contributed by atoms with E-state index in [9.17, 15) is 4.79 Å². The van der Waals surface area contributed by atoms with E-state index in [4.69, 9.17) is 0 Å². The summed E-state index contributed by atoms with van der Waals surface area (Å²) in [7, 11) is 0. The number of nitrogens with zero attached hydrogens (tertiary/aromatic N) is 1. The molecule has 0 aliphatic heterocycles. The molecule has 1 aliphatic carbocycles. The minimum absolute atomic E-state index is 0.0399. The van der Waals surface area contributed by atoms with Gasteiger partial charge in [-0.2, -0.15) is 0 Å². The van der Waals surface area contributed by atoms with Crippen molar-refractivity contribution < 1.29 is 4.79 Å². The van der Waals surface area contributed by atoms with Gasteiger partial charge in [-0.25, -0.2) is 4.79 Å². The first kappa shape index (κ1) is 15.6. The smallest absolute Gasteiger partial charge is 0.326 e. The fraction of sp³-hybridized carbons (Fsp3) is 0.350. The second-order valence-electron chi connectivity index (χ2n) is 6.41. The molecule has 0 aromatic heterocycles. The number of para-hydroxylation sites is 2. The number of benzene rings is 2. The summed E-state index contributed by atoms with van der Waals surface area (Å²) >= 11 is 0. The number of rotatable bonds is 3. The second kappa shape index (κ2) is 7.32. The van der Waals surface area contributed by atoms with Crippen molar-refractivity contribution in [3.05, 3.63) is 60.7 Å². The Balaban J connectivity index is 1.79. The van der Waals surface area contributed by atoms with Gasteiger partial charge in [-0.1, -0.05) is 43.3 Å². The van der Waals surface area contributed by atoms with Gasteiger partial charge in [0.1, 0.15) is 0 Å². The van der Waals surface area contributed by atoms with Crippen LogP contribution in [0.4, 0.5) is 16.2 Å². The molecule has 3 nitrogen and oxygen atoms in total. The number of urea groups is 1. The Kier molecular flexibility index (Phi) is 4.96. The van der Waals surface area contributed by atoms with Crippen LogP contribution in [0, 0.1) is 5.92 Å². The van der Waals surface area contributed by atoms with E-state index in [-0.39, 0.29) is 12.1 Å². The van der Waals surface area contributed by atoms with E-state index < -0.39 is 0 Å². The zero-order valence-electron chi connectivity index (χ0n) is 13.6. The zero-order valence-corrected chi connectivity index (χ0v) is 13.6. The van der Waals surface area contributed by atoms with Gasteiger partial charge in [0.25, 0.3) is 0 Å². The van der Waals surface area contributed by atoms with Gasteiger partial charge in [0.15, 0.2) is 0 Å². The van der Waals surface area contributed by atoms with E-state index in [0.29, 0.717) is 0 Å². The fourth-order valence-electron chi connectivity index (χ4n) is 3.18. The first-order chi connectivity index (χ1) is 11.2. The molecule has 2 aromatic rings. The molecular formula is C20H24N2O. The summed E-state index contributed by atoms with van der Waals surface area (Å²) in [5.74, 6) is 0.780. The van der Waals surface area contributed by atoms with Crippen LogP contribution < -0.4 is 10.2 Å². The average molecular weight is 308 g/mol. The Labute approximate surface area is 138 Å². The van der Waals surface area contributed by atoms with E-state index in [1.54, 1.807) is 4.90 Å². The number of carbonyl (C=O) groups is 1. The van der Waals surface area contributed by atoms with Crippen molar-refractivity contribution in [1.82, 2.24) is 5.32 Å². The molecule has 23 heavy (non-hydrogen) atoms. The lowest BCUT2D eigenvalue weighted by Crippen LogP contribution is -2.44. The summed E-state index contributed by atoms with van der Waals surface area (Å²) in [6.07, 6.45) is 4.54. The van der Waals surface area contributed by atoms with Gasteiger partial charge in [0.2, 0.25) is 0 Å². The summed E-state index contributed by atoms with van der Waals surface area (Å²) in [6, 6.07) is 19.9. The van der Waals surface area contributed by atoms with Gasteiger partial charge in [-0.3, -0.25) is 4.90 Å². The quantitative estimate of drug-likeness (QED) is 0.839. The van der Waals surface area contributed by atoms with Gasteiger partial charge in [0, 0.05) is 6.04 Å². The molecule has 1 aliphatic rings. The summed E-state index contributed by atoms with van der Waals surface area (Å²) < 4.78 is 0. The lowest BCUT2D eigenvalue weighted by molar-refractivity contribution is 0.236. The van der Waals surface area contributed by atoms with Gasteiger partial charge in [0.05, 0.1) is 11.4 Å². The molecule has 120 valence electrons. The summed E-state index contributed by atoms with van der Waals surface area (Å²) in [5.41, 5.74) is 1.78. The van der Waals surface area contributed by atoms with Crippen molar-refractivity contribution in [3.8, 4) is 0 Å². The molecule has 1 fully saturated rings. The predicted octanol–water partition coefficient (Wildman–Crippen LogP) is 5.11. The summed E-state index contributed by atoms with van der Waals surface area (Å²) in [6.45, 7) is 2.29. The monoisotopic (exact) mass is 308 g/mol. The van der Waals surface area contributed by atoms with Crippen LogP contribution >= 0.6 is 0 Å². The molecule has 1 N–H and O–H groups in total. The Morgan fingerprint density at radius 3 is 1.83 bits per heavy atom. The van der Waals surface area contributed by atoms with Crippen molar-refractivity contribution in [2.24, 2.45) is 5.92 Å². The SMILES string of the molecule is CC1CCC(NC(=O)N(c2ccccc2)c2ccccc2)CC1.